The molecule has 180 valence electrons. The van der Waals surface area contributed by atoms with Crippen LogP contribution in [-0.4, -0.2) is 41.2 Å². The first kappa shape index (κ1) is 28.0. The lowest BCUT2D eigenvalue weighted by Crippen LogP contribution is -2.49. The smallest absolute Gasteiger partial charge is 0.330 e. The fourth-order valence-corrected chi connectivity index (χ4v) is 7.31. The van der Waals surface area contributed by atoms with Crippen LogP contribution in [0.25, 0.3) is 0 Å². The van der Waals surface area contributed by atoms with Crippen molar-refractivity contribution in [3.05, 3.63) is 54.7 Å². The summed E-state index contributed by atoms with van der Waals surface area (Å²) in [5.74, 6) is -2.75. The maximum Gasteiger partial charge on any atom is 0.330 e. The molecular weight excluding hydrogens is 892 g/mol. The fourth-order valence-electron chi connectivity index (χ4n) is 3.66. The van der Waals surface area contributed by atoms with Gasteiger partial charge in [-0.25, -0.2) is 4.79 Å². The van der Waals surface area contributed by atoms with E-state index in [1.165, 1.54) is 0 Å². The molecule has 7 nitrogen and oxygen atoms in total. The zero-order chi connectivity index (χ0) is 25.5. The highest BCUT2D eigenvalue weighted by Crippen LogP contribution is 2.39. The van der Waals surface area contributed by atoms with Crippen LogP contribution in [0.4, 0.5) is 5.69 Å². The van der Waals surface area contributed by atoms with Gasteiger partial charge in [0.2, 0.25) is 0 Å². The molecule has 2 aromatic carbocycles. The zero-order valence-electron chi connectivity index (χ0n) is 18.6. The highest BCUT2D eigenvalue weighted by atomic mass is 127. The molecular formula is C23H20I4N2O5. The summed E-state index contributed by atoms with van der Waals surface area (Å²) in [4.78, 5) is 53.1. The Morgan fingerprint density at radius 3 is 1.94 bits per heavy atom. The van der Waals surface area contributed by atoms with Gasteiger partial charge in [-0.05, 0) is 122 Å². The Morgan fingerprint density at radius 2 is 1.47 bits per heavy atom. The molecule has 1 N–H and O–H groups in total. The minimum Gasteiger partial charge on any atom is -0.454 e. The summed E-state index contributed by atoms with van der Waals surface area (Å²) >= 11 is 8.43. The summed E-state index contributed by atoms with van der Waals surface area (Å²) in [6.07, 6.45) is 0. The summed E-state index contributed by atoms with van der Waals surface area (Å²) in [5, 5.41) is 2.72. The van der Waals surface area contributed by atoms with Crippen molar-refractivity contribution in [3.8, 4) is 0 Å². The number of amides is 3. The second-order valence-electron chi connectivity index (χ2n) is 8.15. The number of carbonyl (C=O) groups is 4. The van der Waals surface area contributed by atoms with E-state index in [4.69, 9.17) is 4.74 Å². The Hall–Kier alpha value is -0.560. The van der Waals surface area contributed by atoms with Gasteiger partial charge in [0.15, 0.2) is 6.61 Å². The third-order valence-corrected chi connectivity index (χ3v) is 12.7. The SMILES string of the molecule is Cc1ccc(NC(=O)COC(=O)C(C(C)C)N2C(=O)c3c(I)c(I)c(I)c(I)c3C2=O)c(C)c1. The van der Waals surface area contributed by atoms with Crippen LogP contribution >= 0.6 is 90.4 Å². The summed E-state index contributed by atoms with van der Waals surface area (Å²) < 4.78 is 8.41. The number of halogens is 4. The molecule has 0 spiro atoms. The number of nitrogens with zero attached hydrogens (tertiary/aromatic N) is 1. The number of aryl methyl sites for hydroxylation is 2. The van der Waals surface area contributed by atoms with Gasteiger partial charge in [0.1, 0.15) is 6.04 Å². The number of nitrogens with one attached hydrogen (secondary N) is 1. The minimum absolute atomic E-state index is 0.311. The Kier molecular flexibility index (Phi) is 9.25. The minimum atomic E-state index is -1.15. The molecule has 1 unspecified atom stereocenters. The van der Waals surface area contributed by atoms with Gasteiger partial charge in [-0.3, -0.25) is 19.3 Å². The van der Waals surface area contributed by atoms with Gasteiger partial charge < -0.3 is 10.1 Å². The maximum atomic E-state index is 13.3. The first-order valence-corrected chi connectivity index (χ1v) is 14.5. The van der Waals surface area contributed by atoms with Crippen molar-refractivity contribution in [2.75, 3.05) is 11.9 Å². The second-order valence-corrected chi connectivity index (χ2v) is 12.5. The maximum absolute atomic E-state index is 13.3. The quantitative estimate of drug-likeness (QED) is 0.136. The van der Waals surface area contributed by atoms with E-state index in [0.717, 1.165) is 23.2 Å². The van der Waals surface area contributed by atoms with E-state index in [-0.39, 0.29) is 0 Å². The third kappa shape index (κ3) is 5.40. The van der Waals surface area contributed by atoms with Crippen molar-refractivity contribution < 1.29 is 23.9 Å². The molecule has 0 radical (unpaired) electrons. The zero-order valence-corrected chi connectivity index (χ0v) is 27.2. The molecule has 0 fully saturated rings. The number of hydrogen-bond donors (Lipinski definition) is 1. The number of carbonyl (C=O) groups excluding carboxylic acids is 4. The van der Waals surface area contributed by atoms with Crippen LogP contribution < -0.4 is 5.32 Å². The molecule has 3 amide bonds. The number of anilines is 1. The summed E-state index contributed by atoms with van der Waals surface area (Å²) in [6, 6.07) is 4.44. The molecule has 34 heavy (non-hydrogen) atoms. The Balaban J connectivity index is 1.81. The van der Waals surface area contributed by atoms with Crippen molar-refractivity contribution >= 4 is 120 Å². The topological polar surface area (TPSA) is 92.8 Å². The lowest BCUT2D eigenvalue weighted by Gasteiger charge is -2.27. The average Bonchev–Trinajstić information content (AvgIpc) is 3.02. The van der Waals surface area contributed by atoms with Gasteiger partial charge in [-0.2, -0.15) is 0 Å². The van der Waals surface area contributed by atoms with Crippen LogP contribution in [0.2, 0.25) is 0 Å². The normalized spacial score (nSPS) is 13.9. The first-order chi connectivity index (χ1) is 15.9. The van der Waals surface area contributed by atoms with E-state index in [0.29, 0.717) is 24.0 Å². The van der Waals surface area contributed by atoms with Crippen molar-refractivity contribution in [3.63, 3.8) is 0 Å². The lowest BCUT2D eigenvalue weighted by atomic mass is 10.0. The lowest BCUT2D eigenvalue weighted by molar-refractivity contribution is -0.152. The molecule has 11 heteroatoms. The predicted octanol–water partition coefficient (Wildman–Crippen LogP) is 5.52. The standard InChI is InChI=1S/C23H20I4N2O5/c1-9(2)20(23(33)34-8-13(30)28-12-6-5-10(3)7-11(12)4)29-21(31)14-15(22(29)32)17(25)19(27)18(26)16(14)24/h5-7,9,20H,8H2,1-4H3,(H,28,30). The summed E-state index contributed by atoms with van der Waals surface area (Å²) in [5.41, 5.74) is 3.20. The van der Waals surface area contributed by atoms with Gasteiger partial charge in [-0.15, -0.1) is 0 Å². The summed E-state index contributed by atoms with van der Waals surface area (Å²) in [6.45, 7) is 6.76. The van der Waals surface area contributed by atoms with Crippen LogP contribution in [-0.2, 0) is 14.3 Å². The van der Waals surface area contributed by atoms with E-state index in [9.17, 15) is 19.2 Å². The Morgan fingerprint density at radius 1 is 0.941 bits per heavy atom. The van der Waals surface area contributed by atoms with Crippen molar-refractivity contribution in [1.82, 2.24) is 4.90 Å². The molecule has 3 rings (SSSR count). The third-order valence-electron chi connectivity index (χ3n) is 5.29. The monoisotopic (exact) mass is 912 g/mol. The van der Waals surface area contributed by atoms with Gasteiger partial charge in [-0.1, -0.05) is 31.5 Å². The highest BCUT2D eigenvalue weighted by Gasteiger charge is 2.47. The number of hydrogen-bond acceptors (Lipinski definition) is 5. The molecule has 1 aliphatic heterocycles. The molecule has 2 aromatic rings. The molecule has 0 saturated carbocycles. The molecule has 1 heterocycles. The number of imide groups is 1. The van der Waals surface area contributed by atoms with Gasteiger partial charge in [0, 0.05) is 20.0 Å². The van der Waals surface area contributed by atoms with E-state index in [1.54, 1.807) is 19.9 Å². The van der Waals surface area contributed by atoms with Crippen LogP contribution in [0.3, 0.4) is 0 Å². The van der Waals surface area contributed by atoms with Crippen LogP contribution in [0.1, 0.15) is 45.7 Å². The van der Waals surface area contributed by atoms with Crippen LogP contribution in [0.15, 0.2) is 18.2 Å². The number of fused-ring (bicyclic) bond motifs is 1. The van der Waals surface area contributed by atoms with Crippen LogP contribution in [0.5, 0.6) is 0 Å². The largest absolute Gasteiger partial charge is 0.454 e. The highest BCUT2D eigenvalue weighted by molar-refractivity contribution is 14.1. The molecule has 1 atom stereocenters. The van der Waals surface area contributed by atoms with E-state index in [2.05, 4.69) is 95.7 Å². The average molecular weight is 912 g/mol. The van der Waals surface area contributed by atoms with E-state index in [1.807, 2.05) is 26.0 Å². The molecule has 0 aromatic heterocycles. The predicted molar refractivity (Wildman–Crippen MR) is 162 cm³/mol. The number of esters is 1. The van der Waals surface area contributed by atoms with Gasteiger partial charge in [0.05, 0.1) is 11.1 Å². The van der Waals surface area contributed by atoms with E-state index >= 15 is 0 Å². The van der Waals surface area contributed by atoms with Crippen molar-refractivity contribution in [2.45, 2.75) is 33.7 Å². The Bertz CT molecular complexity index is 1180. The number of rotatable bonds is 6. The number of benzene rings is 2. The molecule has 0 bridgehead atoms. The van der Waals surface area contributed by atoms with Crippen molar-refractivity contribution in [2.24, 2.45) is 5.92 Å². The van der Waals surface area contributed by atoms with Gasteiger partial charge in [0.25, 0.3) is 17.7 Å². The van der Waals surface area contributed by atoms with E-state index < -0.39 is 42.3 Å². The van der Waals surface area contributed by atoms with Gasteiger partial charge >= 0.3 is 5.97 Å². The number of ether oxygens (including phenoxy) is 1. The fraction of sp³-hybridized carbons (Fsp3) is 0.304. The van der Waals surface area contributed by atoms with Crippen molar-refractivity contribution in [1.29, 1.82) is 0 Å². The molecule has 0 saturated heterocycles. The first-order valence-electron chi connectivity index (χ1n) is 10.1. The van der Waals surface area contributed by atoms with Crippen LogP contribution in [0, 0.1) is 34.0 Å². The second kappa shape index (κ2) is 11.2. The summed E-state index contributed by atoms with van der Waals surface area (Å²) in [7, 11) is 0. The molecule has 0 aliphatic carbocycles. The Labute approximate surface area is 252 Å². The molecule has 1 aliphatic rings.